The van der Waals surface area contributed by atoms with Crippen LogP contribution in [0.25, 0.3) is 0 Å². The van der Waals surface area contributed by atoms with Crippen molar-refractivity contribution in [2.45, 2.75) is 39.8 Å². The summed E-state index contributed by atoms with van der Waals surface area (Å²) < 4.78 is 0. The van der Waals surface area contributed by atoms with Crippen molar-refractivity contribution in [2.24, 2.45) is 0 Å². The Morgan fingerprint density at radius 2 is 1.43 bits per heavy atom. The van der Waals surface area contributed by atoms with Gasteiger partial charge in [0.25, 0.3) is 0 Å². The molecule has 80 valence electrons. The number of hydrogen-bond donors (Lipinski definition) is 0. The maximum absolute atomic E-state index is 11.3. The molecule has 1 rings (SSSR count). The molecule has 0 aliphatic carbocycles. The van der Waals surface area contributed by atoms with Gasteiger partial charge < -0.3 is 9.80 Å². The molecule has 2 atom stereocenters. The van der Waals surface area contributed by atoms with E-state index in [0.717, 1.165) is 0 Å². The van der Waals surface area contributed by atoms with Gasteiger partial charge in [-0.15, -0.1) is 0 Å². The molecule has 0 saturated carbocycles. The van der Waals surface area contributed by atoms with Gasteiger partial charge in [-0.3, -0.25) is 9.59 Å². The van der Waals surface area contributed by atoms with Crippen LogP contribution in [-0.4, -0.2) is 46.8 Å². The molecule has 1 saturated heterocycles. The van der Waals surface area contributed by atoms with E-state index >= 15 is 0 Å². The molecule has 1 heterocycles. The van der Waals surface area contributed by atoms with Crippen LogP contribution in [-0.2, 0) is 9.59 Å². The van der Waals surface area contributed by atoms with E-state index in [1.54, 1.807) is 18.7 Å². The van der Waals surface area contributed by atoms with Crippen LogP contribution in [0.2, 0.25) is 0 Å². The van der Waals surface area contributed by atoms with Gasteiger partial charge in [-0.2, -0.15) is 0 Å². The highest BCUT2D eigenvalue weighted by Gasteiger charge is 2.31. The fourth-order valence-corrected chi connectivity index (χ4v) is 2.20. The summed E-state index contributed by atoms with van der Waals surface area (Å²) in [7, 11) is 0. The normalized spacial score (nSPS) is 27.7. The van der Waals surface area contributed by atoms with Crippen LogP contribution < -0.4 is 0 Å². The lowest BCUT2D eigenvalue weighted by atomic mass is 10.1. The topological polar surface area (TPSA) is 40.6 Å². The fraction of sp³-hybridized carbons (Fsp3) is 0.800. The van der Waals surface area contributed by atoms with Crippen molar-refractivity contribution in [1.29, 1.82) is 0 Å². The third-order valence-corrected chi connectivity index (χ3v) is 2.73. The van der Waals surface area contributed by atoms with Crippen molar-refractivity contribution in [1.82, 2.24) is 9.80 Å². The molecule has 1 aliphatic heterocycles. The zero-order chi connectivity index (χ0) is 10.9. The Morgan fingerprint density at radius 1 is 1.00 bits per heavy atom. The molecule has 4 nitrogen and oxygen atoms in total. The Hall–Kier alpha value is -1.06. The number of carbonyl (C=O) groups excluding carboxylic acids is 2. The van der Waals surface area contributed by atoms with Crippen molar-refractivity contribution in [3.63, 3.8) is 0 Å². The number of carbonyl (C=O) groups is 2. The van der Waals surface area contributed by atoms with Crippen LogP contribution in [0.5, 0.6) is 0 Å². The Kier molecular flexibility index (Phi) is 3.13. The van der Waals surface area contributed by atoms with Gasteiger partial charge in [0.05, 0.1) is 0 Å². The second-order valence-corrected chi connectivity index (χ2v) is 4.05. The Morgan fingerprint density at radius 3 is 1.71 bits per heavy atom. The molecule has 0 unspecified atom stereocenters. The van der Waals surface area contributed by atoms with Gasteiger partial charge >= 0.3 is 0 Å². The molecule has 2 amide bonds. The van der Waals surface area contributed by atoms with Crippen molar-refractivity contribution >= 4 is 11.8 Å². The van der Waals surface area contributed by atoms with Crippen LogP contribution in [0.15, 0.2) is 0 Å². The molecule has 0 aromatic carbocycles. The quantitative estimate of drug-likeness (QED) is 0.568. The summed E-state index contributed by atoms with van der Waals surface area (Å²) in [6, 6.07) is 0.250. The third kappa shape index (κ3) is 2.05. The highest BCUT2D eigenvalue weighted by atomic mass is 16.2. The first kappa shape index (κ1) is 11.0. The standard InChI is InChI=1S/C10H18N2O2/c1-7-5-11(9(3)13)6-8(2)12(7)10(4)14/h7-8H,5-6H2,1-4H3/t7-,8+. The Bertz CT molecular complexity index is 241. The molecular weight excluding hydrogens is 180 g/mol. The predicted molar refractivity (Wildman–Crippen MR) is 53.7 cm³/mol. The second kappa shape index (κ2) is 3.98. The Balaban J connectivity index is 2.72. The summed E-state index contributed by atoms with van der Waals surface area (Å²) >= 11 is 0. The molecule has 0 radical (unpaired) electrons. The summed E-state index contributed by atoms with van der Waals surface area (Å²) in [6.07, 6.45) is 0. The van der Waals surface area contributed by atoms with Crippen LogP contribution in [0.3, 0.4) is 0 Å². The average molecular weight is 198 g/mol. The van der Waals surface area contributed by atoms with Gasteiger partial charge in [-0.05, 0) is 13.8 Å². The maximum atomic E-state index is 11.3. The highest BCUT2D eigenvalue weighted by Crippen LogP contribution is 2.15. The lowest BCUT2D eigenvalue weighted by Gasteiger charge is -2.43. The van der Waals surface area contributed by atoms with Crippen molar-refractivity contribution in [3.05, 3.63) is 0 Å². The van der Waals surface area contributed by atoms with Crippen LogP contribution >= 0.6 is 0 Å². The molecule has 0 aromatic rings. The molecule has 0 bridgehead atoms. The van der Waals surface area contributed by atoms with E-state index in [0.29, 0.717) is 13.1 Å². The maximum Gasteiger partial charge on any atom is 0.220 e. The van der Waals surface area contributed by atoms with E-state index in [4.69, 9.17) is 0 Å². The summed E-state index contributed by atoms with van der Waals surface area (Å²) in [5.41, 5.74) is 0. The van der Waals surface area contributed by atoms with Gasteiger partial charge in [0, 0.05) is 39.0 Å². The monoisotopic (exact) mass is 198 g/mol. The molecule has 4 heteroatoms. The first-order chi connectivity index (χ1) is 6.43. The van der Waals surface area contributed by atoms with Gasteiger partial charge in [-0.25, -0.2) is 0 Å². The van der Waals surface area contributed by atoms with Crippen molar-refractivity contribution in [3.8, 4) is 0 Å². The molecule has 0 aromatic heterocycles. The SMILES string of the molecule is CC(=O)N1C[C@@H](C)N(C(C)=O)[C@@H](C)C1. The van der Waals surface area contributed by atoms with E-state index in [2.05, 4.69) is 0 Å². The third-order valence-electron chi connectivity index (χ3n) is 2.73. The van der Waals surface area contributed by atoms with Crippen molar-refractivity contribution < 1.29 is 9.59 Å². The largest absolute Gasteiger partial charge is 0.339 e. The minimum Gasteiger partial charge on any atom is -0.339 e. The van der Waals surface area contributed by atoms with Crippen LogP contribution in [0.1, 0.15) is 27.7 Å². The zero-order valence-electron chi connectivity index (χ0n) is 9.28. The van der Waals surface area contributed by atoms with Gasteiger partial charge in [-0.1, -0.05) is 0 Å². The smallest absolute Gasteiger partial charge is 0.220 e. The van der Waals surface area contributed by atoms with Gasteiger partial charge in [0.15, 0.2) is 0 Å². The molecule has 1 aliphatic rings. The average Bonchev–Trinajstić information content (AvgIpc) is 2.01. The minimum atomic E-state index is 0.0897. The predicted octanol–water partition coefficient (Wildman–Crippen LogP) is 0.474. The van der Waals surface area contributed by atoms with Gasteiger partial charge in [0.2, 0.25) is 11.8 Å². The number of nitrogens with zero attached hydrogens (tertiary/aromatic N) is 2. The lowest BCUT2D eigenvalue weighted by Crippen LogP contribution is -2.58. The zero-order valence-corrected chi connectivity index (χ0v) is 9.28. The summed E-state index contributed by atoms with van der Waals surface area (Å²) in [6.45, 7) is 8.41. The van der Waals surface area contributed by atoms with E-state index in [1.165, 1.54) is 0 Å². The molecule has 0 N–H and O–H groups in total. The fourth-order valence-electron chi connectivity index (χ4n) is 2.20. The van der Waals surface area contributed by atoms with Crippen molar-refractivity contribution in [2.75, 3.05) is 13.1 Å². The minimum absolute atomic E-state index is 0.0897. The summed E-state index contributed by atoms with van der Waals surface area (Å²) in [4.78, 5) is 26.2. The molecule has 14 heavy (non-hydrogen) atoms. The number of amides is 2. The number of hydrogen-bond acceptors (Lipinski definition) is 2. The van der Waals surface area contributed by atoms with Crippen LogP contribution in [0.4, 0.5) is 0 Å². The summed E-state index contributed by atoms with van der Waals surface area (Å²) in [5, 5.41) is 0. The summed E-state index contributed by atoms with van der Waals surface area (Å²) in [5.74, 6) is 0.181. The molecular formula is C10H18N2O2. The first-order valence-electron chi connectivity index (χ1n) is 4.98. The highest BCUT2D eigenvalue weighted by molar-refractivity contribution is 5.76. The van der Waals surface area contributed by atoms with E-state index in [9.17, 15) is 9.59 Å². The van der Waals surface area contributed by atoms with Gasteiger partial charge in [0.1, 0.15) is 0 Å². The second-order valence-electron chi connectivity index (χ2n) is 4.05. The number of piperazine rings is 1. The van der Waals surface area contributed by atoms with Crippen LogP contribution in [0, 0.1) is 0 Å². The van der Waals surface area contributed by atoms with E-state index in [-0.39, 0.29) is 23.9 Å². The molecule has 1 fully saturated rings. The van der Waals surface area contributed by atoms with E-state index in [1.807, 2.05) is 18.7 Å². The number of rotatable bonds is 0. The Labute approximate surface area is 84.9 Å². The first-order valence-corrected chi connectivity index (χ1v) is 4.98. The lowest BCUT2D eigenvalue weighted by molar-refractivity contribution is -0.143. The molecule has 0 spiro atoms. The van der Waals surface area contributed by atoms with E-state index < -0.39 is 0 Å².